The molecule has 174 valence electrons. The third-order valence-corrected chi connectivity index (χ3v) is 6.48. The number of nitrogens with one attached hydrogen (secondary N) is 1. The highest BCUT2D eigenvalue weighted by Gasteiger charge is 2.23. The molecule has 0 spiro atoms. The minimum Gasteiger partial charge on any atom is -0.377 e. The van der Waals surface area contributed by atoms with Gasteiger partial charge in [0.2, 0.25) is 0 Å². The maximum atomic E-state index is 12.3. The van der Waals surface area contributed by atoms with Crippen LogP contribution in [-0.4, -0.2) is 75.2 Å². The Bertz CT molecular complexity index is 944. The van der Waals surface area contributed by atoms with Crippen molar-refractivity contribution in [1.29, 1.82) is 0 Å². The molecule has 10 heteroatoms. The van der Waals surface area contributed by atoms with E-state index < -0.39 is 10.6 Å². The fourth-order valence-electron chi connectivity index (χ4n) is 4.01. The second kappa shape index (κ2) is 9.62. The standard InChI is InChI=1S/C22H31N5O4S/c1-16-14-31-12-11-27(16)20-13-19(15-32(2,29)30)23-21(25-20)17-5-7-18(8-6-17)24-22(28)26-9-3-4-10-26/h5-8,13,16,29-30H,3-4,9-12,14-15H2,1-2H3,(H,24,28)/t16-/m0/s1. The zero-order valence-electron chi connectivity index (χ0n) is 18.5. The molecule has 3 heterocycles. The Kier molecular flexibility index (Phi) is 6.85. The summed E-state index contributed by atoms with van der Waals surface area (Å²) >= 11 is 0. The van der Waals surface area contributed by atoms with E-state index in [2.05, 4.69) is 22.1 Å². The summed E-state index contributed by atoms with van der Waals surface area (Å²) in [5, 5.41) is 2.94. The molecule has 0 bridgehead atoms. The number of hydrogen-bond donors (Lipinski definition) is 3. The Morgan fingerprint density at radius 1 is 1.19 bits per heavy atom. The summed E-state index contributed by atoms with van der Waals surface area (Å²) in [6, 6.07) is 9.32. The molecule has 3 N–H and O–H groups in total. The normalized spacial score (nSPS) is 19.8. The van der Waals surface area contributed by atoms with Crippen molar-refractivity contribution < 1.29 is 18.6 Å². The van der Waals surface area contributed by atoms with Crippen molar-refractivity contribution in [3.05, 3.63) is 36.0 Å². The lowest BCUT2D eigenvalue weighted by atomic mass is 10.2. The summed E-state index contributed by atoms with van der Waals surface area (Å²) in [6.45, 7) is 5.61. The zero-order valence-corrected chi connectivity index (χ0v) is 19.3. The molecule has 2 fully saturated rings. The van der Waals surface area contributed by atoms with Gasteiger partial charge in [0.15, 0.2) is 5.82 Å². The number of rotatable bonds is 5. The number of carbonyl (C=O) groups is 1. The van der Waals surface area contributed by atoms with Gasteiger partial charge < -0.3 is 19.9 Å². The minimum atomic E-state index is -2.75. The summed E-state index contributed by atoms with van der Waals surface area (Å²) in [5.74, 6) is 1.33. The Morgan fingerprint density at radius 3 is 2.56 bits per heavy atom. The Hall–Kier alpha value is -2.40. The zero-order chi connectivity index (χ0) is 22.7. The van der Waals surface area contributed by atoms with Crippen LogP contribution in [0.2, 0.25) is 0 Å². The second-order valence-corrected chi connectivity index (χ2v) is 10.8. The molecule has 2 amide bonds. The molecule has 0 saturated carbocycles. The topological polar surface area (TPSA) is 111 Å². The molecule has 0 radical (unpaired) electrons. The summed E-state index contributed by atoms with van der Waals surface area (Å²) < 4.78 is 25.5. The molecule has 2 aliphatic rings. The number of benzene rings is 1. The molecule has 32 heavy (non-hydrogen) atoms. The average molecular weight is 462 g/mol. The molecule has 0 aliphatic carbocycles. The van der Waals surface area contributed by atoms with Crippen molar-refractivity contribution in [2.75, 3.05) is 49.3 Å². The number of aromatic nitrogens is 2. The van der Waals surface area contributed by atoms with E-state index in [4.69, 9.17) is 9.72 Å². The largest absolute Gasteiger partial charge is 0.377 e. The molecule has 1 aromatic heterocycles. The lowest BCUT2D eigenvalue weighted by molar-refractivity contribution is 0.0985. The molecule has 4 rings (SSSR count). The molecule has 2 aromatic rings. The quantitative estimate of drug-likeness (QED) is 0.620. The van der Waals surface area contributed by atoms with E-state index in [9.17, 15) is 13.9 Å². The predicted molar refractivity (Wildman–Crippen MR) is 127 cm³/mol. The van der Waals surface area contributed by atoms with Crippen LogP contribution in [0.1, 0.15) is 25.5 Å². The third kappa shape index (κ3) is 5.69. The van der Waals surface area contributed by atoms with Gasteiger partial charge in [-0.15, -0.1) is 0 Å². The summed E-state index contributed by atoms with van der Waals surface area (Å²) in [4.78, 5) is 25.7. The number of hydrogen-bond acceptors (Lipinski definition) is 7. The lowest BCUT2D eigenvalue weighted by Crippen LogP contribution is -2.44. The van der Waals surface area contributed by atoms with Gasteiger partial charge in [0, 0.05) is 43.2 Å². The molecule has 1 aromatic carbocycles. The van der Waals surface area contributed by atoms with Gasteiger partial charge >= 0.3 is 6.03 Å². The van der Waals surface area contributed by atoms with Crippen LogP contribution in [0, 0.1) is 0 Å². The van der Waals surface area contributed by atoms with Crippen LogP contribution in [0.3, 0.4) is 0 Å². The Morgan fingerprint density at radius 2 is 1.91 bits per heavy atom. The average Bonchev–Trinajstić information content (AvgIpc) is 3.28. The van der Waals surface area contributed by atoms with Crippen molar-refractivity contribution in [1.82, 2.24) is 14.9 Å². The van der Waals surface area contributed by atoms with Gasteiger partial charge in [-0.3, -0.25) is 9.11 Å². The van der Waals surface area contributed by atoms with Crippen LogP contribution in [0.4, 0.5) is 16.3 Å². The molecule has 2 saturated heterocycles. The number of urea groups is 1. The maximum Gasteiger partial charge on any atom is 0.321 e. The predicted octanol–water partition coefficient (Wildman–Crippen LogP) is 3.88. The fourth-order valence-corrected chi connectivity index (χ4v) is 4.71. The molecular formula is C22H31N5O4S. The van der Waals surface area contributed by atoms with Gasteiger partial charge in [-0.05, 0) is 44.0 Å². The molecular weight excluding hydrogens is 430 g/mol. The van der Waals surface area contributed by atoms with Crippen molar-refractivity contribution in [3.63, 3.8) is 0 Å². The Balaban J connectivity index is 1.58. The molecule has 0 unspecified atom stereocenters. The Labute approximate surface area is 190 Å². The van der Waals surface area contributed by atoms with E-state index in [1.54, 1.807) is 0 Å². The van der Waals surface area contributed by atoms with Crippen molar-refractivity contribution in [2.45, 2.75) is 31.6 Å². The number of nitrogens with zero attached hydrogens (tertiary/aromatic N) is 4. The van der Waals surface area contributed by atoms with Gasteiger partial charge in [-0.2, -0.15) is 10.6 Å². The van der Waals surface area contributed by atoms with E-state index in [1.807, 2.05) is 35.2 Å². The molecule has 2 aliphatic heterocycles. The van der Waals surface area contributed by atoms with Gasteiger partial charge in [-0.1, -0.05) is 0 Å². The van der Waals surface area contributed by atoms with E-state index in [-0.39, 0.29) is 17.8 Å². The van der Waals surface area contributed by atoms with Crippen LogP contribution in [0.5, 0.6) is 0 Å². The second-order valence-electron chi connectivity index (χ2n) is 8.50. The molecule has 9 nitrogen and oxygen atoms in total. The van der Waals surface area contributed by atoms with Crippen molar-refractivity contribution >= 4 is 28.1 Å². The molecule has 1 atom stereocenters. The highest BCUT2D eigenvalue weighted by molar-refractivity contribution is 8.23. The SMILES string of the molecule is C[C@H]1COCCN1c1cc(CS(C)(O)O)nc(-c2ccc(NC(=O)N3CCCC3)cc2)n1. The van der Waals surface area contributed by atoms with Gasteiger partial charge in [0.1, 0.15) is 5.82 Å². The van der Waals surface area contributed by atoms with Crippen LogP contribution < -0.4 is 10.2 Å². The fraction of sp³-hybridized carbons (Fsp3) is 0.500. The van der Waals surface area contributed by atoms with Crippen LogP contribution in [0.15, 0.2) is 30.3 Å². The van der Waals surface area contributed by atoms with Crippen LogP contribution in [0.25, 0.3) is 11.4 Å². The van der Waals surface area contributed by atoms with E-state index in [0.717, 1.165) is 37.3 Å². The first-order chi connectivity index (χ1) is 15.3. The number of likely N-dealkylation sites (tertiary alicyclic amines) is 1. The summed E-state index contributed by atoms with van der Waals surface area (Å²) in [7, 11) is -2.75. The van der Waals surface area contributed by atoms with E-state index in [0.29, 0.717) is 37.0 Å². The number of carbonyl (C=O) groups excluding carboxylic acids is 1. The van der Waals surface area contributed by atoms with Gasteiger partial charge in [-0.25, -0.2) is 14.8 Å². The summed E-state index contributed by atoms with van der Waals surface area (Å²) in [5.41, 5.74) is 2.09. The highest BCUT2D eigenvalue weighted by atomic mass is 32.3. The number of amides is 2. The number of anilines is 2. The van der Waals surface area contributed by atoms with E-state index in [1.165, 1.54) is 6.26 Å². The smallest absolute Gasteiger partial charge is 0.321 e. The number of morpholine rings is 1. The first-order valence-corrected chi connectivity index (χ1v) is 13.0. The first-order valence-electron chi connectivity index (χ1n) is 10.9. The van der Waals surface area contributed by atoms with Crippen molar-refractivity contribution in [2.24, 2.45) is 0 Å². The monoisotopic (exact) mass is 461 g/mol. The highest BCUT2D eigenvalue weighted by Crippen LogP contribution is 2.38. The third-order valence-electron chi connectivity index (χ3n) is 5.64. The van der Waals surface area contributed by atoms with Crippen LogP contribution in [-0.2, 0) is 10.5 Å². The first kappa shape index (κ1) is 22.8. The van der Waals surface area contributed by atoms with Gasteiger partial charge in [0.25, 0.3) is 0 Å². The summed E-state index contributed by atoms with van der Waals surface area (Å²) in [6.07, 6.45) is 3.52. The maximum absolute atomic E-state index is 12.3. The lowest BCUT2D eigenvalue weighted by Gasteiger charge is -2.35. The minimum absolute atomic E-state index is 0.0677. The van der Waals surface area contributed by atoms with E-state index >= 15 is 0 Å². The van der Waals surface area contributed by atoms with Crippen molar-refractivity contribution in [3.8, 4) is 11.4 Å². The number of ether oxygens (including phenoxy) is 1. The van der Waals surface area contributed by atoms with Gasteiger partial charge in [0.05, 0.1) is 30.7 Å². The van der Waals surface area contributed by atoms with Crippen LogP contribution >= 0.6 is 10.6 Å².